The number of benzene rings is 2. The first kappa shape index (κ1) is 20.9. The monoisotopic (exact) mass is 407 g/mol. The van der Waals surface area contributed by atoms with Crippen LogP contribution in [0.4, 0.5) is 17.3 Å². The van der Waals surface area contributed by atoms with Gasteiger partial charge < -0.3 is 25.0 Å². The number of rotatable bonds is 8. The number of methoxy groups -OCH3 is 2. The van der Waals surface area contributed by atoms with E-state index in [4.69, 9.17) is 9.47 Å². The van der Waals surface area contributed by atoms with Crippen LogP contribution in [0.1, 0.15) is 15.9 Å². The van der Waals surface area contributed by atoms with Gasteiger partial charge in [0.1, 0.15) is 29.5 Å². The number of nitrogens with zero attached hydrogens (tertiary/aromatic N) is 3. The largest absolute Gasteiger partial charge is 0.497 e. The van der Waals surface area contributed by atoms with Gasteiger partial charge in [0.15, 0.2) is 0 Å². The van der Waals surface area contributed by atoms with E-state index in [1.165, 1.54) is 6.33 Å². The van der Waals surface area contributed by atoms with E-state index < -0.39 is 0 Å². The van der Waals surface area contributed by atoms with E-state index >= 15 is 0 Å². The van der Waals surface area contributed by atoms with Crippen molar-refractivity contribution in [3.05, 3.63) is 66.0 Å². The average molecular weight is 407 g/mol. The highest BCUT2D eigenvalue weighted by molar-refractivity contribution is 5.93. The van der Waals surface area contributed by atoms with Crippen LogP contribution in [0.3, 0.4) is 0 Å². The van der Waals surface area contributed by atoms with E-state index in [0.717, 1.165) is 11.3 Å². The fourth-order valence-electron chi connectivity index (χ4n) is 2.78. The molecular formula is C22H25N5O3. The zero-order valence-corrected chi connectivity index (χ0v) is 17.5. The minimum Gasteiger partial charge on any atom is -0.497 e. The Morgan fingerprint density at radius 1 is 0.967 bits per heavy atom. The normalized spacial score (nSPS) is 10.3. The minimum atomic E-state index is -0.0185. The van der Waals surface area contributed by atoms with E-state index in [1.54, 1.807) is 39.3 Å². The number of ether oxygens (including phenoxy) is 2. The number of hydrogen-bond acceptors (Lipinski definition) is 7. The maximum absolute atomic E-state index is 12.0. The first-order valence-electron chi connectivity index (χ1n) is 9.35. The topological polar surface area (TPSA) is 88.6 Å². The summed E-state index contributed by atoms with van der Waals surface area (Å²) in [5.41, 5.74) is 2.46. The Balaban J connectivity index is 1.65. The molecule has 0 aliphatic rings. The zero-order chi connectivity index (χ0) is 21.5. The number of hydrogen-bond donors (Lipinski definition) is 2. The number of anilines is 3. The maximum atomic E-state index is 12.0. The molecule has 30 heavy (non-hydrogen) atoms. The Hall–Kier alpha value is -3.81. The maximum Gasteiger partial charge on any atom is 0.253 e. The molecule has 1 aromatic heterocycles. The SMILES string of the molecule is COc1ccc(Nc2cc(NCc3ccc(C(=O)N(C)C)cc3)ncn2)c(OC)c1. The van der Waals surface area contributed by atoms with Gasteiger partial charge in [-0.1, -0.05) is 12.1 Å². The lowest BCUT2D eigenvalue weighted by molar-refractivity contribution is 0.0827. The molecule has 0 spiro atoms. The molecule has 2 aromatic carbocycles. The summed E-state index contributed by atoms with van der Waals surface area (Å²) in [6, 6.07) is 14.8. The summed E-state index contributed by atoms with van der Waals surface area (Å²) in [4.78, 5) is 22.1. The molecule has 0 aliphatic carbocycles. The van der Waals surface area contributed by atoms with Crippen molar-refractivity contribution in [3.63, 3.8) is 0 Å². The standard InChI is InChI=1S/C22H25N5O3/c1-27(2)22(28)16-7-5-15(6-8-16)13-23-20-12-21(25-14-24-20)26-18-10-9-17(29-3)11-19(18)30-4/h5-12,14H,13H2,1-4H3,(H2,23,24,25,26). The smallest absolute Gasteiger partial charge is 0.253 e. The van der Waals surface area contributed by atoms with Crippen molar-refractivity contribution in [1.29, 1.82) is 0 Å². The van der Waals surface area contributed by atoms with Crippen molar-refractivity contribution in [3.8, 4) is 11.5 Å². The first-order chi connectivity index (χ1) is 14.5. The van der Waals surface area contributed by atoms with Gasteiger partial charge in [0.2, 0.25) is 0 Å². The van der Waals surface area contributed by atoms with Crippen LogP contribution in [-0.4, -0.2) is 49.1 Å². The highest BCUT2D eigenvalue weighted by Crippen LogP contribution is 2.31. The molecular weight excluding hydrogens is 382 g/mol. The number of aromatic nitrogens is 2. The molecule has 0 saturated carbocycles. The lowest BCUT2D eigenvalue weighted by atomic mass is 10.1. The van der Waals surface area contributed by atoms with Crippen molar-refractivity contribution in [2.75, 3.05) is 38.9 Å². The van der Waals surface area contributed by atoms with Gasteiger partial charge in [-0.2, -0.15) is 0 Å². The van der Waals surface area contributed by atoms with Gasteiger partial charge in [0.25, 0.3) is 5.91 Å². The van der Waals surface area contributed by atoms with Crippen molar-refractivity contribution in [2.45, 2.75) is 6.54 Å². The van der Waals surface area contributed by atoms with Crippen molar-refractivity contribution < 1.29 is 14.3 Å². The highest BCUT2D eigenvalue weighted by atomic mass is 16.5. The van der Waals surface area contributed by atoms with Gasteiger partial charge in [-0.3, -0.25) is 4.79 Å². The molecule has 0 unspecified atom stereocenters. The molecule has 3 aromatic rings. The third kappa shape index (κ3) is 5.16. The molecule has 8 nitrogen and oxygen atoms in total. The Morgan fingerprint density at radius 3 is 2.37 bits per heavy atom. The summed E-state index contributed by atoms with van der Waals surface area (Å²) in [5.74, 6) is 2.64. The third-order valence-electron chi connectivity index (χ3n) is 4.42. The van der Waals surface area contributed by atoms with E-state index in [1.807, 2.05) is 42.5 Å². The van der Waals surface area contributed by atoms with Crippen LogP contribution < -0.4 is 20.1 Å². The molecule has 1 heterocycles. The molecule has 0 saturated heterocycles. The summed E-state index contributed by atoms with van der Waals surface area (Å²) < 4.78 is 10.6. The molecule has 0 atom stereocenters. The zero-order valence-electron chi connectivity index (χ0n) is 17.5. The summed E-state index contributed by atoms with van der Waals surface area (Å²) >= 11 is 0. The summed E-state index contributed by atoms with van der Waals surface area (Å²) in [5, 5.41) is 6.50. The number of amides is 1. The van der Waals surface area contributed by atoms with Gasteiger partial charge in [0.05, 0.1) is 19.9 Å². The fraction of sp³-hybridized carbons (Fsp3) is 0.227. The first-order valence-corrected chi connectivity index (χ1v) is 9.35. The van der Waals surface area contributed by atoms with E-state index in [2.05, 4.69) is 20.6 Å². The van der Waals surface area contributed by atoms with Crippen molar-refractivity contribution in [1.82, 2.24) is 14.9 Å². The molecule has 156 valence electrons. The second kappa shape index (κ2) is 9.60. The fourth-order valence-corrected chi connectivity index (χ4v) is 2.78. The van der Waals surface area contributed by atoms with Crippen LogP contribution in [0, 0.1) is 0 Å². The molecule has 8 heteroatoms. The van der Waals surface area contributed by atoms with E-state index in [9.17, 15) is 4.79 Å². The minimum absolute atomic E-state index is 0.0185. The van der Waals surface area contributed by atoms with Gasteiger partial charge in [-0.15, -0.1) is 0 Å². The van der Waals surface area contributed by atoms with Gasteiger partial charge in [-0.25, -0.2) is 9.97 Å². The van der Waals surface area contributed by atoms with Crippen LogP contribution in [-0.2, 0) is 6.54 Å². The molecule has 0 bridgehead atoms. The average Bonchev–Trinajstić information content (AvgIpc) is 2.78. The van der Waals surface area contributed by atoms with Crippen LogP contribution in [0.5, 0.6) is 11.5 Å². The lowest BCUT2D eigenvalue weighted by Crippen LogP contribution is -2.21. The molecule has 1 amide bonds. The lowest BCUT2D eigenvalue weighted by Gasteiger charge is -2.13. The number of carbonyl (C=O) groups is 1. The van der Waals surface area contributed by atoms with Gasteiger partial charge in [0, 0.05) is 38.3 Å². The molecule has 0 aliphatic heterocycles. The van der Waals surface area contributed by atoms with Gasteiger partial charge >= 0.3 is 0 Å². The molecule has 3 rings (SSSR count). The molecule has 0 radical (unpaired) electrons. The summed E-state index contributed by atoms with van der Waals surface area (Å²) in [7, 11) is 6.68. The van der Waals surface area contributed by atoms with Crippen LogP contribution >= 0.6 is 0 Å². The second-order valence-electron chi connectivity index (χ2n) is 6.73. The highest BCUT2D eigenvalue weighted by Gasteiger charge is 2.08. The van der Waals surface area contributed by atoms with Gasteiger partial charge in [-0.05, 0) is 29.8 Å². The van der Waals surface area contributed by atoms with Crippen molar-refractivity contribution >= 4 is 23.2 Å². The molecule has 2 N–H and O–H groups in total. The Labute approximate surface area is 175 Å². The second-order valence-corrected chi connectivity index (χ2v) is 6.73. The predicted molar refractivity (Wildman–Crippen MR) is 117 cm³/mol. The van der Waals surface area contributed by atoms with Crippen LogP contribution in [0.25, 0.3) is 0 Å². The number of carbonyl (C=O) groups excluding carboxylic acids is 1. The van der Waals surface area contributed by atoms with Crippen molar-refractivity contribution in [2.24, 2.45) is 0 Å². The van der Waals surface area contributed by atoms with Crippen LogP contribution in [0.15, 0.2) is 54.9 Å². The summed E-state index contributed by atoms with van der Waals surface area (Å²) in [6.07, 6.45) is 1.49. The van der Waals surface area contributed by atoms with Crippen LogP contribution in [0.2, 0.25) is 0 Å². The van der Waals surface area contributed by atoms with E-state index in [-0.39, 0.29) is 5.91 Å². The Bertz CT molecular complexity index is 1010. The quantitative estimate of drug-likeness (QED) is 0.590. The Morgan fingerprint density at radius 2 is 1.70 bits per heavy atom. The summed E-state index contributed by atoms with van der Waals surface area (Å²) in [6.45, 7) is 0.568. The molecule has 0 fully saturated rings. The predicted octanol–water partition coefficient (Wildman–Crippen LogP) is 3.55. The van der Waals surface area contributed by atoms with E-state index in [0.29, 0.717) is 35.2 Å². The number of nitrogens with one attached hydrogen (secondary N) is 2. The Kier molecular flexibility index (Phi) is 6.69. The third-order valence-corrected chi connectivity index (χ3v) is 4.42.